The first-order valence-electron chi connectivity index (χ1n) is 5.45. The van der Waals surface area contributed by atoms with Gasteiger partial charge in [-0.25, -0.2) is 4.98 Å². The SMILES string of the molecule is O=[N+]([O-])c1ccc(Cl)c(-c2nc3ccccc3s2)c1. The number of hydrogen-bond donors (Lipinski definition) is 0. The van der Waals surface area contributed by atoms with Gasteiger partial charge < -0.3 is 0 Å². The molecule has 0 amide bonds. The second-order valence-electron chi connectivity index (χ2n) is 3.91. The molecule has 0 N–H and O–H groups in total. The van der Waals surface area contributed by atoms with Crippen LogP contribution in [0.3, 0.4) is 0 Å². The van der Waals surface area contributed by atoms with E-state index in [1.807, 2.05) is 24.3 Å². The Kier molecular flexibility index (Phi) is 2.93. The Balaban J connectivity index is 2.20. The first-order chi connectivity index (χ1) is 9.15. The predicted octanol–water partition coefficient (Wildman–Crippen LogP) is 4.52. The van der Waals surface area contributed by atoms with Crippen molar-refractivity contribution in [1.82, 2.24) is 4.98 Å². The fraction of sp³-hybridized carbons (Fsp3) is 0. The van der Waals surface area contributed by atoms with Gasteiger partial charge in [-0.1, -0.05) is 23.7 Å². The second kappa shape index (κ2) is 4.60. The first kappa shape index (κ1) is 12.1. The van der Waals surface area contributed by atoms with Crippen molar-refractivity contribution in [2.45, 2.75) is 0 Å². The Hall–Kier alpha value is -1.98. The number of nitro benzene ring substituents is 1. The van der Waals surface area contributed by atoms with E-state index in [4.69, 9.17) is 11.6 Å². The van der Waals surface area contributed by atoms with E-state index in [2.05, 4.69) is 4.98 Å². The van der Waals surface area contributed by atoms with Crippen molar-refractivity contribution < 1.29 is 4.92 Å². The van der Waals surface area contributed by atoms with E-state index >= 15 is 0 Å². The van der Waals surface area contributed by atoms with Gasteiger partial charge in [-0.2, -0.15) is 0 Å². The van der Waals surface area contributed by atoms with Crippen LogP contribution in [0.15, 0.2) is 42.5 Å². The molecule has 2 aromatic carbocycles. The van der Waals surface area contributed by atoms with E-state index in [0.29, 0.717) is 15.6 Å². The van der Waals surface area contributed by atoms with Crippen LogP contribution in [0.4, 0.5) is 5.69 Å². The molecule has 94 valence electrons. The van der Waals surface area contributed by atoms with Gasteiger partial charge in [0.25, 0.3) is 5.69 Å². The predicted molar refractivity (Wildman–Crippen MR) is 76.7 cm³/mol. The highest BCUT2D eigenvalue weighted by atomic mass is 35.5. The van der Waals surface area contributed by atoms with Crippen molar-refractivity contribution >= 4 is 38.8 Å². The van der Waals surface area contributed by atoms with Crippen LogP contribution < -0.4 is 0 Å². The average molecular weight is 291 g/mol. The van der Waals surface area contributed by atoms with Gasteiger partial charge >= 0.3 is 0 Å². The highest BCUT2D eigenvalue weighted by Gasteiger charge is 2.14. The van der Waals surface area contributed by atoms with Crippen molar-refractivity contribution in [3.8, 4) is 10.6 Å². The van der Waals surface area contributed by atoms with Crippen molar-refractivity contribution in [3.63, 3.8) is 0 Å². The highest BCUT2D eigenvalue weighted by molar-refractivity contribution is 7.21. The lowest BCUT2D eigenvalue weighted by Gasteiger charge is -1.99. The summed E-state index contributed by atoms with van der Waals surface area (Å²) in [5, 5.41) is 12.0. The average Bonchev–Trinajstić information content (AvgIpc) is 2.82. The standard InChI is InChI=1S/C13H7ClN2O2S/c14-10-6-5-8(16(17)18)7-9(10)13-15-11-3-1-2-4-12(11)19-13/h1-7H. The molecule has 0 spiro atoms. The van der Waals surface area contributed by atoms with Crippen LogP contribution in [0.5, 0.6) is 0 Å². The van der Waals surface area contributed by atoms with Crippen molar-refractivity contribution in [2.24, 2.45) is 0 Å². The third-order valence-corrected chi connectivity index (χ3v) is 4.08. The Morgan fingerprint density at radius 3 is 2.74 bits per heavy atom. The molecule has 4 nitrogen and oxygen atoms in total. The molecule has 0 fully saturated rings. The quantitative estimate of drug-likeness (QED) is 0.515. The van der Waals surface area contributed by atoms with Crippen LogP contribution in [0.1, 0.15) is 0 Å². The van der Waals surface area contributed by atoms with Crippen LogP contribution in [0.2, 0.25) is 5.02 Å². The first-order valence-corrected chi connectivity index (χ1v) is 6.64. The minimum absolute atomic E-state index is 0.0126. The number of thiazole rings is 1. The molecule has 0 aliphatic rings. The third-order valence-electron chi connectivity index (χ3n) is 2.69. The van der Waals surface area contributed by atoms with Gasteiger partial charge in [0.05, 0.1) is 20.2 Å². The maximum atomic E-state index is 10.8. The number of rotatable bonds is 2. The number of para-hydroxylation sites is 1. The monoisotopic (exact) mass is 290 g/mol. The zero-order chi connectivity index (χ0) is 13.4. The van der Waals surface area contributed by atoms with Gasteiger partial charge in [-0.15, -0.1) is 11.3 Å². The number of benzene rings is 2. The van der Waals surface area contributed by atoms with Crippen LogP contribution in [-0.2, 0) is 0 Å². The molecule has 1 aromatic heterocycles. The Labute approximate surface area is 117 Å². The third kappa shape index (κ3) is 2.18. The maximum Gasteiger partial charge on any atom is 0.270 e. The van der Waals surface area contributed by atoms with Gasteiger partial charge in [0.1, 0.15) is 5.01 Å². The summed E-state index contributed by atoms with van der Waals surface area (Å²) < 4.78 is 1.03. The number of nitro groups is 1. The topological polar surface area (TPSA) is 56.0 Å². The molecule has 0 radical (unpaired) electrons. The van der Waals surface area contributed by atoms with Gasteiger partial charge in [0.15, 0.2) is 0 Å². The minimum Gasteiger partial charge on any atom is -0.258 e. The molecule has 0 aliphatic heterocycles. The van der Waals surface area contributed by atoms with Gasteiger partial charge in [0.2, 0.25) is 0 Å². The lowest BCUT2D eigenvalue weighted by atomic mass is 10.2. The molecule has 3 rings (SSSR count). The lowest BCUT2D eigenvalue weighted by molar-refractivity contribution is -0.384. The fourth-order valence-electron chi connectivity index (χ4n) is 1.78. The summed E-state index contributed by atoms with van der Waals surface area (Å²) in [5.74, 6) is 0. The van der Waals surface area contributed by atoms with Crippen LogP contribution >= 0.6 is 22.9 Å². The minimum atomic E-state index is -0.437. The summed E-state index contributed by atoms with van der Waals surface area (Å²) in [6, 6.07) is 12.1. The number of hydrogen-bond acceptors (Lipinski definition) is 4. The molecule has 0 atom stereocenters. The fourth-order valence-corrected chi connectivity index (χ4v) is 3.04. The molecule has 3 aromatic rings. The van der Waals surface area contributed by atoms with E-state index in [1.165, 1.54) is 29.5 Å². The van der Waals surface area contributed by atoms with Crippen LogP contribution in [0.25, 0.3) is 20.8 Å². The molecule has 1 heterocycles. The Bertz CT molecular complexity index is 752. The Morgan fingerprint density at radius 2 is 2.00 bits per heavy atom. The van der Waals surface area contributed by atoms with Crippen molar-refractivity contribution in [3.05, 3.63) is 57.6 Å². The summed E-state index contributed by atoms with van der Waals surface area (Å²) in [6.07, 6.45) is 0. The van der Waals surface area contributed by atoms with E-state index < -0.39 is 4.92 Å². The number of nitrogens with zero attached hydrogens (tertiary/aromatic N) is 2. The molecule has 0 bridgehead atoms. The summed E-state index contributed by atoms with van der Waals surface area (Å²) in [7, 11) is 0. The zero-order valence-electron chi connectivity index (χ0n) is 9.54. The summed E-state index contributed by atoms with van der Waals surface area (Å²) >= 11 is 7.57. The van der Waals surface area contributed by atoms with Crippen molar-refractivity contribution in [1.29, 1.82) is 0 Å². The van der Waals surface area contributed by atoms with E-state index in [1.54, 1.807) is 0 Å². The van der Waals surface area contributed by atoms with Gasteiger partial charge in [0, 0.05) is 17.7 Å². The summed E-state index contributed by atoms with van der Waals surface area (Å²) in [6.45, 7) is 0. The second-order valence-corrected chi connectivity index (χ2v) is 5.35. The molecular formula is C13H7ClN2O2S. The molecule has 0 unspecified atom stereocenters. The lowest BCUT2D eigenvalue weighted by Crippen LogP contribution is -1.88. The molecule has 6 heteroatoms. The molecule has 0 saturated heterocycles. The Morgan fingerprint density at radius 1 is 1.21 bits per heavy atom. The van der Waals surface area contributed by atoms with Crippen LogP contribution in [-0.4, -0.2) is 9.91 Å². The normalized spacial score (nSPS) is 10.8. The number of non-ortho nitro benzene ring substituents is 1. The van der Waals surface area contributed by atoms with Gasteiger partial charge in [-0.05, 0) is 18.2 Å². The smallest absolute Gasteiger partial charge is 0.258 e. The number of halogens is 1. The summed E-state index contributed by atoms with van der Waals surface area (Å²) in [4.78, 5) is 14.8. The zero-order valence-corrected chi connectivity index (χ0v) is 11.1. The number of aromatic nitrogens is 1. The van der Waals surface area contributed by atoms with E-state index in [0.717, 1.165) is 10.2 Å². The highest BCUT2D eigenvalue weighted by Crippen LogP contribution is 2.36. The van der Waals surface area contributed by atoms with Gasteiger partial charge in [-0.3, -0.25) is 10.1 Å². The molecule has 0 saturated carbocycles. The number of fused-ring (bicyclic) bond motifs is 1. The molecular weight excluding hydrogens is 284 g/mol. The molecule has 19 heavy (non-hydrogen) atoms. The summed E-state index contributed by atoms with van der Waals surface area (Å²) in [5.41, 5.74) is 1.47. The van der Waals surface area contributed by atoms with E-state index in [-0.39, 0.29) is 5.69 Å². The maximum absolute atomic E-state index is 10.8. The van der Waals surface area contributed by atoms with Crippen molar-refractivity contribution in [2.75, 3.05) is 0 Å². The van der Waals surface area contributed by atoms with E-state index in [9.17, 15) is 10.1 Å². The molecule has 0 aliphatic carbocycles. The van der Waals surface area contributed by atoms with Crippen LogP contribution in [0, 0.1) is 10.1 Å². The largest absolute Gasteiger partial charge is 0.270 e.